The first kappa shape index (κ1) is 14.2. The Balaban J connectivity index is 1.94. The molecule has 0 saturated heterocycles. The van der Waals surface area contributed by atoms with Gasteiger partial charge < -0.3 is 11.1 Å². The molecule has 2 atom stereocenters. The van der Waals surface area contributed by atoms with Gasteiger partial charge >= 0.3 is 0 Å². The summed E-state index contributed by atoms with van der Waals surface area (Å²) >= 11 is 6.15. The molecule has 1 amide bonds. The van der Waals surface area contributed by atoms with Crippen LogP contribution in [0.4, 0.5) is 5.82 Å². The van der Waals surface area contributed by atoms with Gasteiger partial charge in [0.1, 0.15) is 17.3 Å². The second kappa shape index (κ2) is 5.58. The molecule has 0 bridgehead atoms. The van der Waals surface area contributed by atoms with Crippen molar-refractivity contribution in [3.05, 3.63) is 40.3 Å². The van der Waals surface area contributed by atoms with E-state index in [0.717, 1.165) is 12.8 Å². The zero-order valence-electron chi connectivity index (χ0n) is 11.8. The third-order valence-electron chi connectivity index (χ3n) is 4.05. The van der Waals surface area contributed by atoms with Crippen LogP contribution >= 0.6 is 11.6 Å². The number of allylic oxidation sites excluding steroid dienone is 2. The maximum Gasteiger partial charge on any atom is 0.233 e. The van der Waals surface area contributed by atoms with Gasteiger partial charge in [-0.15, -0.1) is 0 Å². The molecule has 2 aliphatic rings. The van der Waals surface area contributed by atoms with Crippen molar-refractivity contribution >= 4 is 23.3 Å². The number of fused-ring (bicyclic) bond motifs is 1. The number of halogens is 1. The van der Waals surface area contributed by atoms with Gasteiger partial charge in [0.25, 0.3) is 0 Å². The molecule has 1 aliphatic heterocycles. The number of aromatic nitrogens is 2. The number of rotatable bonds is 3. The predicted octanol–water partition coefficient (Wildman–Crippen LogP) is 2.55. The average Bonchev–Trinajstić information content (AvgIpc) is 2.77. The van der Waals surface area contributed by atoms with Crippen molar-refractivity contribution in [2.24, 2.45) is 5.73 Å². The van der Waals surface area contributed by atoms with Crippen LogP contribution in [0.5, 0.6) is 0 Å². The Morgan fingerprint density at radius 2 is 2.29 bits per heavy atom. The number of nitrogens with two attached hydrogens (primary N) is 1. The Kier molecular flexibility index (Phi) is 3.78. The smallest absolute Gasteiger partial charge is 0.233 e. The van der Waals surface area contributed by atoms with E-state index in [9.17, 15) is 4.79 Å². The van der Waals surface area contributed by atoms with E-state index in [4.69, 9.17) is 17.3 Å². The van der Waals surface area contributed by atoms with Crippen LogP contribution in [0.15, 0.2) is 29.6 Å². The minimum Gasteiger partial charge on any atom is -0.324 e. The first-order valence-corrected chi connectivity index (χ1v) is 7.43. The van der Waals surface area contributed by atoms with Crippen molar-refractivity contribution < 1.29 is 4.79 Å². The van der Waals surface area contributed by atoms with Gasteiger partial charge in [0, 0.05) is 11.6 Å². The summed E-state index contributed by atoms with van der Waals surface area (Å²) in [5, 5.41) is 3.12. The van der Waals surface area contributed by atoms with E-state index in [1.165, 1.54) is 17.5 Å². The van der Waals surface area contributed by atoms with E-state index >= 15 is 0 Å². The zero-order valence-corrected chi connectivity index (χ0v) is 12.5. The molecular formula is C15H17ClN4O. The normalized spacial score (nSPS) is 24.2. The fraction of sp³-hybridized carbons (Fsp3) is 0.400. The number of carbonyl (C=O) groups excluding carboxylic acids is 1. The first-order chi connectivity index (χ1) is 10.1. The molecule has 1 aliphatic carbocycles. The van der Waals surface area contributed by atoms with E-state index in [1.807, 2.05) is 6.08 Å². The van der Waals surface area contributed by atoms with E-state index in [0.29, 0.717) is 23.0 Å². The van der Waals surface area contributed by atoms with Crippen molar-refractivity contribution in [2.45, 2.75) is 38.1 Å². The fourth-order valence-corrected chi connectivity index (χ4v) is 3.25. The third-order valence-corrected chi connectivity index (χ3v) is 4.36. The molecule has 1 aromatic rings. The highest BCUT2D eigenvalue weighted by atomic mass is 35.5. The Morgan fingerprint density at radius 1 is 1.48 bits per heavy atom. The molecule has 5 nitrogen and oxygen atoms in total. The highest BCUT2D eigenvalue weighted by Crippen LogP contribution is 2.40. The molecule has 3 N–H and O–H groups in total. The first-order valence-electron chi connectivity index (χ1n) is 7.06. The predicted molar refractivity (Wildman–Crippen MR) is 82.1 cm³/mol. The maximum atomic E-state index is 12.2. The second-order valence-electron chi connectivity index (χ2n) is 5.38. The third kappa shape index (κ3) is 2.59. The summed E-state index contributed by atoms with van der Waals surface area (Å²) in [5.41, 5.74) is 9.19. The van der Waals surface area contributed by atoms with Crippen molar-refractivity contribution in [2.75, 3.05) is 5.32 Å². The SMILES string of the molecule is CCC1=C(CC2C(=O)Nc3ncnc(Cl)c32)CC(N)C=C1. The van der Waals surface area contributed by atoms with Gasteiger partial charge in [0.2, 0.25) is 5.91 Å². The van der Waals surface area contributed by atoms with Crippen LogP contribution in [0.3, 0.4) is 0 Å². The lowest BCUT2D eigenvalue weighted by molar-refractivity contribution is -0.117. The number of hydrogen-bond donors (Lipinski definition) is 2. The van der Waals surface area contributed by atoms with Crippen molar-refractivity contribution in [1.82, 2.24) is 9.97 Å². The lowest BCUT2D eigenvalue weighted by Gasteiger charge is -2.21. The Bertz CT molecular complexity index is 653. The molecule has 2 unspecified atom stereocenters. The summed E-state index contributed by atoms with van der Waals surface area (Å²) in [4.78, 5) is 20.3. The van der Waals surface area contributed by atoms with Gasteiger partial charge in [-0.25, -0.2) is 9.97 Å². The second-order valence-corrected chi connectivity index (χ2v) is 5.74. The summed E-state index contributed by atoms with van der Waals surface area (Å²) in [6, 6.07) is 0.0155. The maximum absolute atomic E-state index is 12.2. The van der Waals surface area contributed by atoms with Crippen LogP contribution < -0.4 is 11.1 Å². The Labute approximate surface area is 128 Å². The molecule has 0 fully saturated rings. The molecule has 6 heteroatoms. The van der Waals surface area contributed by atoms with Crippen LogP contribution in [0.2, 0.25) is 5.15 Å². The minimum atomic E-state index is -0.330. The van der Waals surface area contributed by atoms with Gasteiger partial charge in [-0.05, 0) is 24.8 Å². The number of anilines is 1. The molecule has 110 valence electrons. The van der Waals surface area contributed by atoms with Gasteiger partial charge in [-0.2, -0.15) is 0 Å². The lowest BCUT2D eigenvalue weighted by Crippen LogP contribution is -2.22. The number of amides is 1. The summed E-state index contributed by atoms with van der Waals surface area (Å²) in [6.07, 6.45) is 7.78. The summed E-state index contributed by atoms with van der Waals surface area (Å²) < 4.78 is 0. The number of nitrogens with zero attached hydrogens (tertiary/aromatic N) is 2. The van der Waals surface area contributed by atoms with E-state index < -0.39 is 0 Å². The number of nitrogens with one attached hydrogen (secondary N) is 1. The number of hydrogen-bond acceptors (Lipinski definition) is 4. The molecule has 0 spiro atoms. The van der Waals surface area contributed by atoms with Gasteiger partial charge in [-0.3, -0.25) is 4.79 Å². The Hall–Kier alpha value is -1.72. The molecule has 0 aromatic carbocycles. The van der Waals surface area contributed by atoms with Crippen molar-refractivity contribution in [1.29, 1.82) is 0 Å². The van der Waals surface area contributed by atoms with Gasteiger partial charge in [-0.1, -0.05) is 36.2 Å². The van der Waals surface area contributed by atoms with E-state index in [2.05, 4.69) is 28.3 Å². The van der Waals surface area contributed by atoms with Crippen LogP contribution in [0.25, 0.3) is 0 Å². The summed E-state index contributed by atoms with van der Waals surface area (Å²) in [7, 11) is 0. The van der Waals surface area contributed by atoms with Crippen molar-refractivity contribution in [3.8, 4) is 0 Å². The largest absolute Gasteiger partial charge is 0.324 e. The van der Waals surface area contributed by atoms with Crippen molar-refractivity contribution in [3.63, 3.8) is 0 Å². The van der Waals surface area contributed by atoms with E-state index in [1.54, 1.807) is 0 Å². The molecule has 2 heterocycles. The van der Waals surface area contributed by atoms with Crippen LogP contribution in [-0.2, 0) is 4.79 Å². The fourth-order valence-electron chi connectivity index (χ4n) is 2.98. The van der Waals surface area contributed by atoms with E-state index in [-0.39, 0.29) is 17.9 Å². The van der Waals surface area contributed by atoms with Gasteiger partial charge in [0.15, 0.2) is 0 Å². The molecule has 21 heavy (non-hydrogen) atoms. The molecule has 1 aromatic heterocycles. The highest BCUT2D eigenvalue weighted by molar-refractivity contribution is 6.31. The van der Waals surface area contributed by atoms with Crippen LogP contribution in [-0.4, -0.2) is 21.9 Å². The molecule has 0 radical (unpaired) electrons. The number of carbonyl (C=O) groups is 1. The quantitative estimate of drug-likeness (QED) is 0.841. The molecule has 0 saturated carbocycles. The molecule has 3 rings (SSSR count). The average molecular weight is 305 g/mol. The van der Waals surface area contributed by atoms with Gasteiger partial charge in [0.05, 0.1) is 5.92 Å². The van der Waals surface area contributed by atoms with Crippen LogP contribution in [0, 0.1) is 0 Å². The lowest BCUT2D eigenvalue weighted by atomic mass is 9.85. The summed E-state index contributed by atoms with van der Waals surface area (Å²) in [6.45, 7) is 2.11. The monoisotopic (exact) mass is 304 g/mol. The topological polar surface area (TPSA) is 80.9 Å². The standard InChI is InChI=1S/C15H17ClN4O/c1-2-8-3-4-10(17)5-9(8)6-11-12-13(16)18-7-19-14(12)20-15(11)21/h3-4,7,10-11H,2,5-6,17H2,1H3,(H,18,19,20,21). The Morgan fingerprint density at radius 3 is 3.05 bits per heavy atom. The minimum absolute atomic E-state index is 0.0155. The summed E-state index contributed by atoms with van der Waals surface area (Å²) in [5.74, 6) is 0.127. The molecular weight excluding hydrogens is 288 g/mol. The zero-order chi connectivity index (χ0) is 15.0. The highest BCUT2D eigenvalue weighted by Gasteiger charge is 2.35. The van der Waals surface area contributed by atoms with Crippen LogP contribution in [0.1, 0.15) is 37.7 Å².